The molecule has 0 aromatic heterocycles. The van der Waals surface area contributed by atoms with Gasteiger partial charge in [0, 0.05) is 6.04 Å². The molecule has 0 unspecified atom stereocenters. The van der Waals surface area contributed by atoms with Crippen molar-refractivity contribution in [1.29, 1.82) is 0 Å². The normalized spacial score (nSPS) is 21.6. The van der Waals surface area contributed by atoms with Gasteiger partial charge >= 0.3 is 0 Å². The predicted molar refractivity (Wildman–Crippen MR) is 73.8 cm³/mol. The molecule has 0 N–H and O–H groups in total. The number of rotatable bonds is 5. The summed E-state index contributed by atoms with van der Waals surface area (Å²) in [7, 11) is 0. The predicted octanol–water partition coefficient (Wildman–Crippen LogP) is 3.77. The van der Waals surface area contributed by atoms with E-state index in [1.807, 2.05) is 12.1 Å². The van der Waals surface area contributed by atoms with E-state index in [9.17, 15) is 4.39 Å². The first-order valence-electron chi connectivity index (χ1n) is 7.40. The molecule has 1 saturated heterocycles. The molecule has 1 heterocycles. The van der Waals surface area contributed by atoms with Crippen molar-refractivity contribution >= 4 is 0 Å². The fraction of sp³-hybridized carbons (Fsp3) is 0.625. The highest BCUT2D eigenvalue weighted by molar-refractivity contribution is 5.32. The van der Waals surface area contributed by atoms with Crippen LogP contribution in [0.15, 0.2) is 18.2 Å². The molecule has 2 aliphatic rings. The molecule has 3 rings (SSSR count). The van der Waals surface area contributed by atoms with Crippen molar-refractivity contribution in [2.75, 3.05) is 19.7 Å². The molecule has 1 aromatic rings. The molecule has 2 nitrogen and oxygen atoms in total. The van der Waals surface area contributed by atoms with Gasteiger partial charge in [0.15, 0.2) is 11.6 Å². The van der Waals surface area contributed by atoms with E-state index >= 15 is 0 Å². The third-order valence-corrected chi connectivity index (χ3v) is 4.30. The number of nitrogens with zero attached hydrogens (tertiary/aromatic N) is 1. The van der Waals surface area contributed by atoms with Gasteiger partial charge in [-0.25, -0.2) is 4.39 Å². The summed E-state index contributed by atoms with van der Waals surface area (Å²) >= 11 is 0. The number of hydrogen-bond donors (Lipinski definition) is 0. The molecule has 3 heteroatoms. The first kappa shape index (κ1) is 12.9. The van der Waals surface area contributed by atoms with Crippen LogP contribution >= 0.6 is 0 Å². The van der Waals surface area contributed by atoms with Crippen LogP contribution in [0.2, 0.25) is 0 Å². The highest BCUT2D eigenvalue weighted by Crippen LogP contribution is 2.32. The molecule has 19 heavy (non-hydrogen) atoms. The Balaban J connectivity index is 1.71. The summed E-state index contributed by atoms with van der Waals surface area (Å²) in [6.45, 7) is 5.16. The van der Waals surface area contributed by atoms with Crippen LogP contribution in [-0.2, 0) is 0 Å². The molecule has 2 fully saturated rings. The molecule has 0 spiro atoms. The summed E-state index contributed by atoms with van der Waals surface area (Å²) in [6, 6.07) is 5.68. The Labute approximate surface area is 114 Å². The molecular formula is C16H22FNO. The second-order valence-corrected chi connectivity index (χ2v) is 5.86. The van der Waals surface area contributed by atoms with E-state index in [0.717, 1.165) is 18.7 Å². The van der Waals surface area contributed by atoms with Crippen molar-refractivity contribution in [1.82, 2.24) is 4.90 Å². The van der Waals surface area contributed by atoms with Gasteiger partial charge in [-0.2, -0.15) is 0 Å². The highest BCUT2D eigenvalue weighted by atomic mass is 19.1. The molecule has 1 aliphatic heterocycles. The maximum absolute atomic E-state index is 13.7. The molecule has 0 radical (unpaired) electrons. The lowest BCUT2D eigenvalue weighted by Gasteiger charge is -2.24. The number of hydrogen-bond acceptors (Lipinski definition) is 2. The van der Waals surface area contributed by atoms with Crippen molar-refractivity contribution in [3.63, 3.8) is 0 Å². The summed E-state index contributed by atoms with van der Waals surface area (Å²) in [5.41, 5.74) is 1.16. The topological polar surface area (TPSA) is 12.5 Å². The van der Waals surface area contributed by atoms with Gasteiger partial charge in [-0.1, -0.05) is 6.07 Å². The van der Waals surface area contributed by atoms with Crippen molar-refractivity contribution < 1.29 is 9.13 Å². The van der Waals surface area contributed by atoms with Crippen LogP contribution in [0.1, 0.15) is 44.2 Å². The van der Waals surface area contributed by atoms with Gasteiger partial charge in [0.2, 0.25) is 0 Å². The van der Waals surface area contributed by atoms with E-state index in [1.54, 1.807) is 6.07 Å². The monoisotopic (exact) mass is 263 g/mol. The van der Waals surface area contributed by atoms with Gasteiger partial charge < -0.3 is 4.74 Å². The van der Waals surface area contributed by atoms with Crippen molar-refractivity contribution in [3.8, 4) is 5.75 Å². The third kappa shape index (κ3) is 3.08. The zero-order valence-electron chi connectivity index (χ0n) is 11.6. The van der Waals surface area contributed by atoms with Crippen LogP contribution in [0.5, 0.6) is 5.75 Å². The Hall–Kier alpha value is -1.09. The van der Waals surface area contributed by atoms with Crippen LogP contribution in [0.4, 0.5) is 4.39 Å². The Morgan fingerprint density at radius 1 is 1.32 bits per heavy atom. The molecule has 1 aliphatic carbocycles. The maximum Gasteiger partial charge on any atom is 0.165 e. The van der Waals surface area contributed by atoms with Gasteiger partial charge in [0.1, 0.15) is 0 Å². The lowest BCUT2D eigenvalue weighted by molar-refractivity contribution is 0.259. The van der Waals surface area contributed by atoms with Gasteiger partial charge in [-0.3, -0.25) is 4.90 Å². The summed E-state index contributed by atoms with van der Waals surface area (Å²) < 4.78 is 19.4. The minimum absolute atomic E-state index is 0.238. The Morgan fingerprint density at radius 2 is 2.05 bits per heavy atom. The number of benzene rings is 1. The molecule has 0 amide bonds. The fourth-order valence-corrected chi connectivity index (χ4v) is 2.72. The van der Waals surface area contributed by atoms with Crippen LogP contribution < -0.4 is 4.74 Å². The van der Waals surface area contributed by atoms with Crippen molar-refractivity contribution in [2.45, 2.75) is 38.6 Å². The number of ether oxygens (including phenoxy) is 1. The van der Waals surface area contributed by atoms with Gasteiger partial charge in [0.05, 0.1) is 6.61 Å². The number of halogens is 1. The van der Waals surface area contributed by atoms with Crippen LogP contribution in [0.25, 0.3) is 0 Å². The smallest absolute Gasteiger partial charge is 0.165 e. The van der Waals surface area contributed by atoms with E-state index in [-0.39, 0.29) is 5.82 Å². The molecular weight excluding hydrogens is 241 g/mol. The SMILES string of the molecule is C[C@H](c1ccc(F)c(OCC2CC2)c1)N1CCCC1. The lowest BCUT2D eigenvalue weighted by atomic mass is 10.1. The minimum atomic E-state index is -0.238. The fourth-order valence-electron chi connectivity index (χ4n) is 2.72. The van der Waals surface area contributed by atoms with Crippen LogP contribution in [0, 0.1) is 11.7 Å². The molecule has 0 bridgehead atoms. The quantitative estimate of drug-likeness (QED) is 0.801. The Bertz CT molecular complexity index is 438. The average molecular weight is 263 g/mol. The zero-order chi connectivity index (χ0) is 13.2. The molecule has 104 valence electrons. The largest absolute Gasteiger partial charge is 0.490 e. The van der Waals surface area contributed by atoms with Crippen molar-refractivity contribution in [2.24, 2.45) is 5.92 Å². The van der Waals surface area contributed by atoms with E-state index < -0.39 is 0 Å². The van der Waals surface area contributed by atoms with Crippen molar-refractivity contribution in [3.05, 3.63) is 29.6 Å². The van der Waals surface area contributed by atoms with Gasteiger partial charge in [-0.15, -0.1) is 0 Å². The maximum atomic E-state index is 13.7. The van der Waals surface area contributed by atoms with Crippen LogP contribution in [-0.4, -0.2) is 24.6 Å². The summed E-state index contributed by atoms with van der Waals surface area (Å²) in [5.74, 6) is 0.840. The molecule has 1 atom stereocenters. The first-order chi connectivity index (χ1) is 9.24. The third-order valence-electron chi connectivity index (χ3n) is 4.30. The Morgan fingerprint density at radius 3 is 2.74 bits per heavy atom. The van der Waals surface area contributed by atoms with E-state index in [4.69, 9.17) is 4.74 Å². The van der Waals surface area contributed by atoms with Gasteiger partial charge in [0.25, 0.3) is 0 Å². The average Bonchev–Trinajstić information content (AvgIpc) is 3.09. The lowest BCUT2D eigenvalue weighted by Crippen LogP contribution is -2.23. The summed E-state index contributed by atoms with van der Waals surface area (Å²) in [4.78, 5) is 2.46. The van der Waals surface area contributed by atoms with Gasteiger partial charge in [-0.05, 0) is 69.3 Å². The number of likely N-dealkylation sites (tertiary alicyclic amines) is 1. The standard InChI is InChI=1S/C16H22FNO/c1-12(18-8-2-3-9-18)14-6-7-15(17)16(10-14)19-11-13-4-5-13/h6-7,10,12-13H,2-5,8-9,11H2,1H3/t12-/m1/s1. The first-order valence-corrected chi connectivity index (χ1v) is 7.40. The van der Waals surface area contributed by atoms with E-state index in [2.05, 4.69) is 11.8 Å². The highest BCUT2D eigenvalue weighted by Gasteiger charge is 2.23. The molecule has 1 aromatic carbocycles. The zero-order valence-corrected chi connectivity index (χ0v) is 11.6. The summed E-state index contributed by atoms with van der Waals surface area (Å²) in [5, 5.41) is 0. The molecule has 1 saturated carbocycles. The van der Waals surface area contributed by atoms with Crippen LogP contribution in [0.3, 0.4) is 0 Å². The Kier molecular flexibility index (Phi) is 3.74. The van der Waals surface area contributed by atoms with E-state index in [0.29, 0.717) is 24.3 Å². The second kappa shape index (κ2) is 5.49. The second-order valence-electron chi connectivity index (χ2n) is 5.86. The van der Waals surface area contributed by atoms with E-state index in [1.165, 1.54) is 25.7 Å². The summed E-state index contributed by atoms with van der Waals surface area (Å²) in [6.07, 6.45) is 5.00. The minimum Gasteiger partial charge on any atom is -0.490 e.